The molecular weight excluding hydrogens is 284 g/mol. The molecule has 1 aliphatic carbocycles. The van der Waals surface area contributed by atoms with Crippen molar-refractivity contribution in [3.8, 4) is 0 Å². The highest BCUT2D eigenvalue weighted by molar-refractivity contribution is 7.89. The summed E-state index contributed by atoms with van der Waals surface area (Å²) in [5, 5.41) is 0. The monoisotopic (exact) mass is 306 g/mol. The SMILES string of the molecule is NC1CC2CCC(C1)N2S(=O)(=O)c1ccc2c(c1)CCC2. The molecule has 21 heavy (non-hydrogen) atoms. The molecule has 114 valence electrons. The number of hydrogen-bond donors (Lipinski definition) is 1. The zero-order valence-electron chi connectivity index (χ0n) is 12.2. The van der Waals surface area contributed by atoms with Gasteiger partial charge in [0.25, 0.3) is 0 Å². The van der Waals surface area contributed by atoms with E-state index in [2.05, 4.69) is 0 Å². The third-order valence-electron chi connectivity index (χ3n) is 5.35. The number of rotatable bonds is 2. The Labute approximate surface area is 126 Å². The Morgan fingerprint density at radius 1 is 1.05 bits per heavy atom. The first-order chi connectivity index (χ1) is 10.1. The maximum Gasteiger partial charge on any atom is 0.243 e. The van der Waals surface area contributed by atoms with E-state index >= 15 is 0 Å². The molecule has 2 unspecified atom stereocenters. The fourth-order valence-electron chi connectivity index (χ4n) is 4.40. The molecule has 2 heterocycles. The molecule has 2 N–H and O–H groups in total. The topological polar surface area (TPSA) is 63.4 Å². The Bertz CT molecular complexity index is 657. The van der Waals surface area contributed by atoms with E-state index in [-0.39, 0.29) is 18.1 Å². The molecule has 2 bridgehead atoms. The number of benzene rings is 1. The van der Waals surface area contributed by atoms with E-state index in [1.165, 1.54) is 11.1 Å². The summed E-state index contributed by atoms with van der Waals surface area (Å²) in [6.07, 6.45) is 6.77. The Morgan fingerprint density at radius 3 is 2.43 bits per heavy atom. The quantitative estimate of drug-likeness (QED) is 0.906. The molecule has 2 fully saturated rings. The van der Waals surface area contributed by atoms with Gasteiger partial charge in [0.1, 0.15) is 0 Å². The number of nitrogens with two attached hydrogens (primary N) is 1. The van der Waals surface area contributed by atoms with Crippen LogP contribution in [0.15, 0.2) is 23.1 Å². The lowest BCUT2D eigenvalue weighted by atomic mass is 10.0. The molecule has 0 saturated carbocycles. The number of piperidine rings is 1. The van der Waals surface area contributed by atoms with E-state index < -0.39 is 10.0 Å². The molecule has 0 spiro atoms. The number of aryl methyl sites for hydroxylation is 2. The van der Waals surface area contributed by atoms with Crippen molar-refractivity contribution in [2.24, 2.45) is 5.73 Å². The fraction of sp³-hybridized carbons (Fsp3) is 0.625. The maximum atomic E-state index is 13.0. The highest BCUT2D eigenvalue weighted by atomic mass is 32.2. The molecule has 1 aromatic carbocycles. The van der Waals surface area contributed by atoms with E-state index in [0.717, 1.165) is 44.9 Å². The van der Waals surface area contributed by atoms with E-state index in [1.54, 1.807) is 10.4 Å². The average molecular weight is 306 g/mol. The zero-order valence-corrected chi connectivity index (χ0v) is 13.0. The summed E-state index contributed by atoms with van der Waals surface area (Å²) in [7, 11) is -3.37. The van der Waals surface area contributed by atoms with Gasteiger partial charge in [0.15, 0.2) is 0 Å². The van der Waals surface area contributed by atoms with Crippen molar-refractivity contribution in [3.63, 3.8) is 0 Å². The van der Waals surface area contributed by atoms with Crippen molar-refractivity contribution in [2.45, 2.75) is 68.0 Å². The first-order valence-electron chi connectivity index (χ1n) is 7.96. The molecule has 4 rings (SSSR count). The summed E-state index contributed by atoms with van der Waals surface area (Å²) >= 11 is 0. The first-order valence-corrected chi connectivity index (χ1v) is 9.40. The van der Waals surface area contributed by atoms with Crippen LogP contribution in [0.4, 0.5) is 0 Å². The predicted octanol–water partition coefficient (Wildman–Crippen LogP) is 1.82. The van der Waals surface area contributed by atoms with Crippen LogP contribution in [-0.2, 0) is 22.9 Å². The van der Waals surface area contributed by atoms with Crippen LogP contribution in [-0.4, -0.2) is 30.8 Å². The second-order valence-electron chi connectivity index (χ2n) is 6.74. The van der Waals surface area contributed by atoms with Crippen molar-refractivity contribution < 1.29 is 8.42 Å². The van der Waals surface area contributed by atoms with Crippen molar-refractivity contribution in [1.29, 1.82) is 0 Å². The second kappa shape index (κ2) is 4.80. The summed E-state index contributed by atoms with van der Waals surface area (Å²) in [6, 6.07) is 6.09. The fourth-order valence-corrected chi connectivity index (χ4v) is 6.34. The van der Waals surface area contributed by atoms with Gasteiger partial charge in [0.2, 0.25) is 10.0 Å². The summed E-state index contributed by atoms with van der Waals surface area (Å²) < 4.78 is 27.9. The standard InChI is InChI=1S/C16H22N2O2S/c17-13-9-14-5-6-15(10-13)18(14)21(19,20)16-7-4-11-2-1-3-12(11)8-16/h4,7-8,13-15H,1-3,5-6,9-10,17H2. The molecule has 2 aliphatic heterocycles. The summed E-state index contributed by atoms with van der Waals surface area (Å²) in [5.74, 6) is 0. The molecule has 0 amide bonds. The number of sulfonamides is 1. The average Bonchev–Trinajstić information content (AvgIpc) is 3.01. The minimum absolute atomic E-state index is 0.108. The van der Waals surface area contributed by atoms with Crippen LogP contribution in [0, 0.1) is 0 Å². The van der Waals surface area contributed by atoms with Gasteiger partial charge in [-0.25, -0.2) is 8.42 Å². The van der Waals surface area contributed by atoms with Gasteiger partial charge in [-0.2, -0.15) is 4.31 Å². The van der Waals surface area contributed by atoms with E-state index in [1.807, 2.05) is 12.1 Å². The van der Waals surface area contributed by atoms with Gasteiger partial charge >= 0.3 is 0 Å². The van der Waals surface area contributed by atoms with E-state index in [0.29, 0.717) is 4.90 Å². The molecule has 0 radical (unpaired) electrons. The number of hydrogen-bond acceptors (Lipinski definition) is 3. The third-order valence-corrected chi connectivity index (χ3v) is 7.35. The lowest BCUT2D eigenvalue weighted by Gasteiger charge is -2.36. The Hall–Kier alpha value is -0.910. The molecule has 5 heteroatoms. The highest BCUT2D eigenvalue weighted by Gasteiger charge is 2.46. The van der Waals surface area contributed by atoms with Gasteiger partial charge < -0.3 is 5.73 Å². The van der Waals surface area contributed by atoms with Crippen LogP contribution < -0.4 is 5.73 Å². The van der Waals surface area contributed by atoms with Crippen LogP contribution in [0.1, 0.15) is 43.2 Å². The maximum absolute atomic E-state index is 13.0. The van der Waals surface area contributed by atoms with Gasteiger partial charge in [0.05, 0.1) is 4.90 Å². The van der Waals surface area contributed by atoms with E-state index in [4.69, 9.17) is 5.73 Å². The summed E-state index contributed by atoms with van der Waals surface area (Å²) in [4.78, 5) is 0.482. The Balaban J connectivity index is 1.71. The van der Waals surface area contributed by atoms with Crippen LogP contribution in [0.5, 0.6) is 0 Å². The Morgan fingerprint density at radius 2 is 1.71 bits per heavy atom. The summed E-state index contributed by atoms with van der Waals surface area (Å²) in [5.41, 5.74) is 8.59. The number of fused-ring (bicyclic) bond motifs is 3. The van der Waals surface area contributed by atoms with Gasteiger partial charge in [0, 0.05) is 18.1 Å². The van der Waals surface area contributed by atoms with E-state index in [9.17, 15) is 8.42 Å². The van der Waals surface area contributed by atoms with Gasteiger partial charge in [-0.15, -0.1) is 0 Å². The second-order valence-corrected chi connectivity index (χ2v) is 8.58. The van der Waals surface area contributed by atoms with Crippen molar-refractivity contribution >= 4 is 10.0 Å². The largest absolute Gasteiger partial charge is 0.328 e. The molecule has 1 aromatic rings. The first kappa shape index (κ1) is 13.7. The van der Waals surface area contributed by atoms with Crippen LogP contribution >= 0.6 is 0 Å². The Kier molecular flexibility index (Phi) is 3.14. The van der Waals surface area contributed by atoms with Gasteiger partial charge in [-0.1, -0.05) is 6.07 Å². The highest BCUT2D eigenvalue weighted by Crippen LogP contribution is 2.39. The number of nitrogens with zero attached hydrogens (tertiary/aromatic N) is 1. The molecular formula is C16H22N2O2S. The minimum Gasteiger partial charge on any atom is -0.328 e. The minimum atomic E-state index is -3.37. The predicted molar refractivity (Wildman–Crippen MR) is 81.5 cm³/mol. The lowest BCUT2D eigenvalue weighted by Crippen LogP contribution is -2.49. The smallest absolute Gasteiger partial charge is 0.243 e. The normalized spacial score (nSPS) is 32.3. The van der Waals surface area contributed by atoms with Gasteiger partial charge in [-0.3, -0.25) is 0 Å². The van der Waals surface area contributed by atoms with Crippen LogP contribution in [0.25, 0.3) is 0 Å². The molecule has 2 atom stereocenters. The van der Waals surface area contributed by atoms with Crippen molar-refractivity contribution in [1.82, 2.24) is 4.31 Å². The van der Waals surface area contributed by atoms with Crippen molar-refractivity contribution in [3.05, 3.63) is 29.3 Å². The molecule has 4 nitrogen and oxygen atoms in total. The molecule has 0 aromatic heterocycles. The third kappa shape index (κ3) is 2.14. The molecule has 3 aliphatic rings. The summed E-state index contributed by atoms with van der Waals surface area (Å²) in [6.45, 7) is 0. The van der Waals surface area contributed by atoms with Crippen molar-refractivity contribution in [2.75, 3.05) is 0 Å². The van der Waals surface area contributed by atoms with Crippen LogP contribution in [0.2, 0.25) is 0 Å². The molecule has 2 saturated heterocycles. The lowest BCUT2D eigenvalue weighted by molar-refractivity contribution is 0.227. The zero-order chi connectivity index (χ0) is 14.6. The van der Waals surface area contributed by atoms with Gasteiger partial charge in [-0.05, 0) is 68.2 Å². The van der Waals surface area contributed by atoms with Crippen LogP contribution in [0.3, 0.4) is 0 Å².